The first-order valence-electron chi connectivity index (χ1n) is 6.09. The third-order valence-corrected chi connectivity index (χ3v) is 4.42. The average molecular weight is 316 g/mol. The number of Topliss-reactive ketones (excluding diaryl/α,β-unsaturated/α-hetero) is 1. The Morgan fingerprint density at radius 3 is 2.94 bits per heavy atom. The number of carbonyl (C=O) groups excluding carboxylic acids is 1. The number of nitrogens with zero attached hydrogens (tertiary/aromatic N) is 2. The van der Waals surface area contributed by atoms with Crippen molar-refractivity contribution in [2.24, 2.45) is 5.73 Å². The smallest absolute Gasteiger partial charge is 0.161 e. The van der Waals surface area contributed by atoms with Crippen LogP contribution in [0, 0.1) is 6.92 Å². The SMILES string of the molecule is CCn1nc(C)c(Br)c1CC(=O)C1(N)CCOC1. The van der Waals surface area contributed by atoms with Gasteiger partial charge in [-0.2, -0.15) is 5.10 Å². The number of rotatable bonds is 4. The maximum absolute atomic E-state index is 12.3. The molecule has 1 saturated heterocycles. The van der Waals surface area contributed by atoms with Crippen molar-refractivity contribution in [1.29, 1.82) is 0 Å². The number of nitrogens with two attached hydrogens (primary N) is 1. The van der Waals surface area contributed by atoms with E-state index in [0.717, 1.165) is 22.4 Å². The zero-order chi connectivity index (χ0) is 13.3. The molecule has 100 valence electrons. The lowest BCUT2D eigenvalue weighted by Crippen LogP contribution is -2.49. The van der Waals surface area contributed by atoms with Crippen LogP contribution in [-0.4, -0.2) is 34.3 Å². The van der Waals surface area contributed by atoms with Gasteiger partial charge in [-0.1, -0.05) is 0 Å². The highest BCUT2D eigenvalue weighted by Crippen LogP contribution is 2.25. The Hall–Kier alpha value is -0.720. The Bertz CT molecular complexity index is 464. The highest BCUT2D eigenvalue weighted by atomic mass is 79.9. The van der Waals surface area contributed by atoms with Crippen molar-refractivity contribution in [3.8, 4) is 0 Å². The summed E-state index contributed by atoms with van der Waals surface area (Å²) in [7, 11) is 0. The molecule has 1 aliphatic rings. The van der Waals surface area contributed by atoms with Gasteiger partial charge in [0.1, 0.15) is 5.54 Å². The van der Waals surface area contributed by atoms with E-state index in [1.807, 2.05) is 18.5 Å². The van der Waals surface area contributed by atoms with Gasteiger partial charge in [0.25, 0.3) is 0 Å². The summed E-state index contributed by atoms with van der Waals surface area (Å²) in [6.07, 6.45) is 0.901. The molecule has 1 unspecified atom stereocenters. The third kappa shape index (κ3) is 2.37. The largest absolute Gasteiger partial charge is 0.379 e. The van der Waals surface area contributed by atoms with Gasteiger partial charge in [0, 0.05) is 13.2 Å². The van der Waals surface area contributed by atoms with E-state index >= 15 is 0 Å². The molecule has 1 fully saturated rings. The highest BCUT2D eigenvalue weighted by molar-refractivity contribution is 9.10. The average Bonchev–Trinajstić information content (AvgIpc) is 2.89. The van der Waals surface area contributed by atoms with Gasteiger partial charge < -0.3 is 10.5 Å². The summed E-state index contributed by atoms with van der Waals surface area (Å²) in [6.45, 7) is 5.55. The number of aryl methyl sites for hydroxylation is 2. The summed E-state index contributed by atoms with van der Waals surface area (Å²) >= 11 is 3.49. The topological polar surface area (TPSA) is 70.1 Å². The second kappa shape index (κ2) is 5.11. The maximum Gasteiger partial charge on any atom is 0.161 e. The number of carbonyl (C=O) groups is 1. The van der Waals surface area contributed by atoms with Crippen molar-refractivity contribution in [3.63, 3.8) is 0 Å². The van der Waals surface area contributed by atoms with Crippen LogP contribution in [-0.2, 0) is 22.5 Å². The standard InChI is InChI=1S/C12H18BrN3O2/c1-3-16-9(11(13)8(2)15-16)6-10(17)12(14)4-5-18-7-12/h3-7,14H2,1-2H3. The first kappa shape index (κ1) is 13.7. The van der Waals surface area contributed by atoms with Crippen molar-refractivity contribution < 1.29 is 9.53 Å². The fourth-order valence-corrected chi connectivity index (χ4v) is 2.59. The molecule has 2 N–H and O–H groups in total. The van der Waals surface area contributed by atoms with Gasteiger partial charge in [0.15, 0.2) is 5.78 Å². The maximum atomic E-state index is 12.3. The van der Waals surface area contributed by atoms with Crippen LogP contribution < -0.4 is 5.73 Å². The molecule has 1 aromatic rings. The molecule has 0 saturated carbocycles. The van der Waals surface area contributed by atoms with Gasteiger partial charge in [-0.3, -0.25) is 9.48 Å². The Morgan fingerprint density at radius 1 is 1.67 bits per heavy atom. The Morgan fingerprint density at radius 2 is 2.39 bits per heavy atom. The van der Waals surface area contributed by atoms with Crippen molar-refractivity contribution in [1.82, 2.24) is 9.78 Å². The van der Waals surface area contributed by atoms with E-state index in [0.29, 0.717) is 26.1 Å². The number of aromatic nitrogens is 2. The number of halogens is 1. The van der Waals surface area contributed by atoms with Gasteiger partial charge in [-0.15, -0.1) is 0 Å². The summed E-state index contributed by atoms with van der Waals surface area (Å²) < 4.78 is 7.98. The molecule has 0 bridgehead atoms. The minimum atomic E-state index is -0.823. The molecule has 1 aromatic heterocycles. The zero-order valence-corrected chi connectivity index (χ0v) is 12.3. The van der Waals surface area contributed by atoms with E-state index in [1.54, 1.807) is 0 Å². The first-order chi connectivity index (χ1) is 8.48. The van der Waals surface area contributed by atoms with Crippen LogP contribution in [0.15, 0.2) is 4.47 Å². The molecular formula is C12H18BrN3O2. The number of hydrogen-bond donors (Lipinski definition) is 1. The Labute approximate surface area is 115 Å². The van der Waals surface area contributed by atoms with Gasteiger partial charge in [-0.25, -0.2) is 0 Å². The van der Waals surface area contributed by atoms with Crippen molar-refractivity contribution >= 4 is 21.7 Å². The molecule has 2 heterocycles. The molecule has 1 aliphatic heterocycles. The summed E-state index contributed by atoms with van der Waals surface area (Å²) in [5, 5.41) is 4.38. The monoisotopic (exact) mass is 315 g/mol. The minimum Gasteiger partial charge on any atom is -0.379 e. The van der Waals surface area contributed by atoms with Crippen LogP contribution in [0.3, 0.4) is 0 Å². The van der Waals surface area contributed by atoms with E-state index < -0.39 is 5.54 Å². The van der Waals surface area contributed by atoms with Crippen LogP contribution in [0.25, 0.3) is 0 Å². The van der Waals surface area contributed by atoms with E-state index in [-0.39, 0.29) is 5.78 Å². The Balaban J connectivity index is 2.21. The number of ether oxygens (including phenoxy) is 1. The van der Waals surface area contributed by atoms with E-state index in [2.05, 4.69) is 21.0 Å². The van der Waals surface area contributed by atoms with Crippen LogP contribution in [0.5, 0.6) is 0 Å². The lowest BCUT2D eigenvalue weighted by molar-refractivity contribution is -0.123. The van der Waals surface area contributed by atoms with Crippen LogP contribution in [0.2, 0.25) is 0 Å². The van der Waals surface area contributed by atoms with E-state index in [9.17, 15) is 4.79 Å². The number of ketones is 1. The van der Waals surface area contributed by atoms with Crippen LogP contribution in [0.4, 0.5) is 0 Å². The quantitative estimate of drug-likeness (QED) is 0.906. The second-order valence-electron chi connectivity index (χ2n) is 4.72. The van der Waals surface area contributed by atoms with Crippen LogP contribution >= 0.6 is 15.9 Å². The van der Waals surface area contributed by atoms with Crippen molar-refractivity contribution in [3.05, 3.63) is 15.9 Å². The molecule has 0 radical (unpaired) electrons. The fourth-order valence-electron chi connectivity index (χ4n) is 2.17. The molecule has 5 nitrogen and oxygen atoms in total. The molecule has 1 atom stereocenters. The first-order valence-corrected chi connectivity index (χ1v) is 6.89. The third-order valence-electron chi connectivity index (χ3n) is 3.39. The van der Waals surface area contributed by atoms with Gasteiger partial charge in [0.05, 0.1) is 28.9 Å². The van der Waals surface area contributed by atoms with Crippen molar-refractivity contribution in [2.75, 3.05) is 13.2 Å². The molecule has 6 heteroatoms. The van der Waals surface area contributed by atoms with Gasteiger partial charge in [0.2, 0.25) is 0 Å². The molecular weight excluding hydrogens is 298 g/mol. The number of hydrogen-bond acceptors (Lipinski definition) is 4. The lowest BCUT2D eigenvalue weighted by Gasteiger charge is -2.20. The molecule has 18 heavy (non-hydrogen) atoms. The second-order valence-corrected chi connectivity index (χ2v) is 5.51. The van der Waals surface area contributed by atoms with E-state index in [1.165, 1.54) is 0 Å². The Kier molecular flexibility index (Phi) is 3.89. The lowest BCUT2D eigenvalue weighted by atomic mass is 9.91. The molecule has 0 spiro atoms. The minimum absolute atomic E-state index is 0.0234. The van der Waals surface area contributed by atoms with Gasteiger partial charge >= 0.3 is 0 Å². The predicted octanol–water partition coefficient (Wildman–Crippen LogP) is 1.20. The fraction of sp³-hybridized carbons (Fsp3) is 0.667. The molecule has 0 aliphatic carbocycles. The summed E-state index contributed by atoms with van der Waals surface area (Å²) in [5.41, 5.74) is 7.05. The summed E-state index contributed by atoms with van der Waals surface area (Å²) in [6, 6.07) is 0. The predicted molar refractivity (Wildman–Crippen MR) is 71.4 cm³/mol. The normalized spacial score (nSPS) is 23.6. The summed E-state index contributed by atoms with van der Waals surface area (Å²) in [5.74, 6) is 0.0234. The van der Waals surface area contributed by atoms with Crippen molar-refractivity contribution in [2.45, 2.75) is 38.8 Å². The summed E-state index contributed by atoms with van der Waals surface area (Å²) in [4.78, 5) is 12.3. The molecule has 2 rings (SSSR count). The van der Waals surface area contributed by atoms with Gasteiger partial charge in [-0.05, 0) is 36.2 Å². The molecule has 0 amide bonds. The molecule has 0 aromatic carbocycles. The van der Waals surface area contributed by atoms with E-state index in [4.69, 9.17) is 10.5 Å². The zero-order valence-electron chi connectivity index (χ0n) is 10.7. The highest BCUT2D eigenvalue weighted by Gasteiger charge is 2.38. The van der Waals surface area contributed by atoms with Crippen LogP contribution in [0.1, 0.15) is 24.7 Å².